The Morgan fingerprint density at radius 2 is 2.04 bits per heavy atom. The lowest BCUT2D eigenvalue weighted by Crippen LogP contribution is -2.28. The van der Waals surface area contributed by atoms with E-state index in [1.165, 1.54) is 34.7 Å². The minimum Gasteiger partial charge on any atom is -0.480 e. The highest BCUT2D eigenvalue weighted by Gasteiger charge is 2.19. The van der Waals surface area contributed by atoms with Crippen LogP contribution in [-0.4, -0.2) is 20.6 Å². The first-order chi connectivity index (χ1) is 10.9. The lowest BCUT2D eigenvalue weighted by Gasteiger charge is -2.10. The molecule has 0 fully saturated rings. The van der Waals surface area contributed by atoms with Crippen LogP contribution in [0.25, 0.3) is 21.3 Å². The van der Waals surface area contributed by atoms with E-state index in [1.807, 2.05) is 37.4 Å². The van der Waals surface area contributed by atoms with Gasteiger partial charge in [-0.3, -0.25) is 9.36 Å². The Hall–Kier alpha value is -2.47. The number of aliphatic carboxylic acids is 1. The van der Waals surface area contributed by atoms with Crippen LogP contribution in [0.1, 0.15) is 24.1 Å². The highest BCUT2D eigenvalue weighted by Crippen LogP contribution is 2.31. The molecule has 0 unspecified atom stereocenters. The van der Waals surface area contributed by atoms with Crippen LogP contribution in [0, 0.1) is 13.8 Å². The van der Waals surface area contributed by atoms with Gasteiger partial charge in [-0.15, -0.1) is 11.3 Å². The number of hydrogen-bond donors (Lipinski definition) is 1. The Morgan fingerprint density at radius 3 is 2.70 bits per heavy atom. The van der Waals surface area contributed by atoms with Gasteiger partial charge in [0, 0.05) is 10.9 Å². The molecule has 2 aromatic heterocycles. The quantitative estimate of drug-likeness (QED) is 0.800. The lowest BCUT2D eigenvalue weighted by atomic mass is 10.0. The zero-order valence-electron chi connectivity index (χ0n) is 13.0. The van der Waals surface area contributed by atoms with Crippen molar-refractivity contribution in [2.75, 3.05) is 0 Å². The number of carbonyl (C=O) groups is 1. The average molecular weight is 328 g/mol. The Kier molecular flexibility index (Phi) is 3.77. The molecule has 1 atom stereocenters. The molecule has 0 aliphatic rings. The van der Waals surface area contributed by atoms with E-state index in [0.29, 0.717) is 10.2 Å². The van der Waals surface area contributed by atoms with Crippen LogP contribution in [0.2, 0.25) is 0 Å². The van der Waals surface area contributed by atoms with E-state index in [1.54, 1.807) is 0 Å². The average Bonchev–Trinajstić information content (AvgIpc) is 2.94. The Balaban J connectivity index is 2.27. The van der Waals surface area contributed by atoms with E-state index in [2.05, 4.69) is 4.98 Å². The minimum absolute atomic E-state index is 0.320. The first-order valence-corrected chi connectivity index (χ1v) is 8.07. The largest absolute Gasteiger partial charge is 0.480 e. The molecule has 3 aromatic rings. The molecule has 0 spiro atoms. The van der Waals surface area contributed by atoms with Gasteiger partial charge >= 0.3 is 5.97 Å². The van der Waals surface area contributed by atoms with Crippen LogP contribution >= 0.6 is 11.3 Å². The van der Waals surface area contributed by atoms with Crippen LogP contribution in [0.5, 0.6) is 0 Å². The third-order valence-corrected chi connectivity index (χ3v) is 5.00. The summed E-state index contributed by atoms with van der Waals surface area (Å²) >= 11 is 1.39. The summed E-state index contributed by atoms with van der Waals surface area (Å²) in [5.41, 5.74) is 3.75. The van der Waals surface area contributed by atoms with E-state index in [-0.39, 0.29) is 5.56 Å². The molecular formula is C17H16N2O3S. The third kappa shape index (κ3) is 2.55. The number of benzene rings is 1. The molecule has 0 amide bonds. The summed E-state index contributed by atoms with van der Waals surface area (Å²) in [5, 5.41) is 11.5. The second kappa shape index (κ2) is 5.62. The summed E-state index contributed by atoms with van der Waals surface area (Å²) in [4.78, 5) is 28.8. The number of carboxylic acids is 1. The Morgan fingerprint density at radius 1 is 1.30 bits per heavy atom. The molecule has 1 aromatic carbocycles. The van der Waals surface area contributed by atoms with Crippen molar-refractivity contribution < 1.29 is 9.90 Å². The van der Waals surface area contributed by atoms with Crippen LogP contribution in [0.15, 0.2) is 34.7 Å². The van der Waals surface area contributed by atoms with Gasteiger partial charge in [-0.05, 0) is 37.5 Å². The standard InChI is InChI=1S/C17H16N2O3S/c1-9-4-5-12(6-10(9)2)13-7-23-15-14(13)16(20)19(8-18-15)11(3)17(21)22/h4-8,11H,1-3H3,(H,21,22)/t11-/m0/s1. The van der Waals surface area contributed by atoms with E-state index < -0.39 is 12.0 Å². The van der Waals surface area contributed by atoms with Gasteiger partial charge in [0.15, 0.2) is 0 Å². The van der Waals surface area contributed by atoms with Crippen LogP contribution in [0.3, 0.4) is 0 Å². The molecule has 0 aliphatic heterocycles. The van der Waals surface area contributed by atoms with Crippen molar-refractivity contribution in [2.45, 2.75) is 26.8 Å². The zero-order valence-corrected chi connectivity index (χ0v) is 13.8. The summed E-state index contributed by atoms with van der Waals surface area (Å²) in [7, 11) is 0. The summed E-state index contributed by atoms with van der Waals surface area (Å²) < 4.78 is 1.17. The molecule has 118 valence electrons. The maximum absolute atomic E-state index is 12.7. The Labute approximate surface area is 136 Å². The first kappa shape index (κ1) is 15.4. The monoisotopic (exact) mass is 328 g/mol. The predicted octanol–water partition coefficient (Wildman–Crippen LogP) is 3.39. The number of aryl methyl sites for hydroxylation is 2. The number of carboxylic acid groups (broad SMARTS) is 1. The van der Waals surface area contributed by atoms with Gasteiger partial charge < -0.3 is 5.11 Å². The van der Waals surface area contributed by atoms with Gasteiger partial charge in [0.25, 0.3) is 5.56 Å². The summed E-state index contributed by atoms with van der Waals surface area (Å²) in [6.07, 6.45) is 1.31. The van der Waals surface area contributed by atoms with Gasteiger partial charge in [-0.1, -0.05) is 18.2 Å². The zero-order chi connectivity index (χ0) is 16.7. The van der Waals surface area contributed by atoms with E-state index in [9.17, 15) is 9.59 Å². The van der Waals surface area contributed by atoms with Crippen molar-refractivity contribution in [1.82, 2.24) is 9.55 Å². The molecule has 1 N–H and O–H groups in total. The smallest absolute Gasteiger partial charge is 0.326 e. The molecule has 0 saturated heterocycles. The van der Waals surface area contributed by atoms with Gasteiger partial charge in [0.1, 0.15) is 10.9 Å². The topological polar surface area (TPSA) is 72.2 Å². The molecule has 0 radical (unpaired) electrons. The fraction of sp³-hybridized carbons (Fsp3) is 0.235. The molecule has 0 saturated carbocycles. The van der Waals surface area contributed by atoms with Crippen molar-refractivity contribution in [2.24, 2.45) is 0 Å². The SMILES string of the molecule is Cc1ccc(-c2csc3ncn([C@@H](C)C(=O)O)c(=O)c23)cc1C. The second-order valence-electron chi connectivity index (χ2n) is 5.60. The number of nitrogens with zero attached hydrogens (tertiary/aromatic N) is 2. The molecule has 0 bridgehead atoms. The molecular weight excluding hydrogens is 312 g/mol. The third-order valence-electron chi connectivity index (χ3n) is 4.11. The van der Waals surface area contributed by atoms with Crippen molar-refractivity contribution in [3.63, 3.8) is 0 Å². The number of aromatic nitrogens is 2. The van der Waals surface area contributed by atoms with Gasteiger partial charge in [0.2, 0.25) is 0 Å². The second-order valence-corrected chi connectivity index (χ2v) is 6.46. The fourth-order valence-corrected chi connectivity index (χ4v) is 3.37. The van der Waals surface area contributed by atoms with Crippen molar-refractivity contribution in [3.05, 3.63) is 51.4 Å². The highest BCUT2D eigenvalue weighted by molar-refractivity contribution is 7.17. The maximum Gasteiger partial charge on any atom is 0.326 e. The minimum atomic E-state index is -1.06. The van der Waals surface area contributed by atoms with E-state index in [4.69, 9.17) is 5.11 Å². The van der Waals surface area contributed by atoms with E-state index in [0.717, 1.165) is 16.7 Å². The predicted molar refractivity (Wildman–Crippen MR) is 91.1 cm³/mol. The molecule has 2 heterocycles. The number of hydrogen-bond acceptors (Lipinski definition) is 4. The van der Waals surface area contributed by atoms with Crippen molar-refractivity contribution in [1.29, 1.82) is 0 Å². The molecule has 23 heavy (non-hydrogen) atoms. The van der Waals surface area contributed by atoms with Crippen LogP contribution < -0.4 is 5.56 Å². The van der Waals surface area contributed by atoms with Crippen LogP contribution in [-0.2, 0) is 4.79 Å². The maximum atomic E-state index is 12.7. The number of rotatable bonds is 3. The van der Waals surface area contributed by atoms with E-state index >= 15 is 0 Å². The summed E-state index contributed by atoms with van der Waals surface area (Å²) in [6.45, 7) is 5.53. The number of thiophene rings is 1. The summed E-state index contributed by atoms with van der Waals surface area (Å²) in [6, 6.07) is 5.07. The molecule has 3 rings (SSSR count). The van der Waals surface area contributed by atoms with Crippen molar-refractivity contribution in [3.8, 4) is 11.1 Å². The number of fused-ring (bicyclic) bond motifs is 1. The first-order valence-electron chi connectivity index (χ1n) is 7.19. The molecule has 5 nitrogen and oxygen atoms in total. The normalized spacial score (nSPS) is 12.5. The highest BCUT2D eigenvalue weighted by atomic mass is 32.1. The fourth-order valence-electron chi connectivity index (χ4n) is 2.46. The molecule has 6 heteroatoms. The van der Waals surface area contributed by atoms with Crippen LogP contribution in [0.4, 0.5) is 0 Å². The van der Waals surface area contributed by atoms with Gasteiger partial charge in [-0.2, -0.15) is 0 Å². The van der Waals surface area contributed by atoms with Gasteiger partial charge in [-0.25, -0.2) is 9.78 Å². The Bertz CT molecular complexity index is 972. The van der Waals surface area contributed by atoms with Gasteiger partial charge in [0.05, 0.1) is 11.7 Å². The van der Waals surface area contributed by atoms with Crippen molar-refractivity contribution >= 4 is 27.5 Å². The summed E-state index contributed by atoms with van der Waals surface area (Å²) in [5.74, 6) is -1.06. The lowest BCUT2D eigenvalue weighted by molar-refractivity contribution is -0.140. The molecule has 0 aliphatic carbocycles.